The van der Waals surface area contributed by atoms with E-state index < -0.39 is 49.6 Å². The summed E-state index contributed by atoms with van der Waals surface area (Å²) in [5, 5.41) is 0. The first-order valence-electron chi connectivity index (χ1n) is 8.77. The number of carbonyl (C=O) groups is 1. The molecular weight excluding hydrogens is 445 g/mol. The van der Waals surface area contributed by atoms with Gasteiger partial charge in [0.25, 0.3) is 0 Å². The smallest absolute Gasteiger partial charge is 0.467 e. The number of hydrogen-bond acceptors (Lipinski definition) is 8. The highest BCUT2D eigenvalue weighted by atomic mass is 32.2. The zero-order chi connectivity index (χ0) is 23.5. The number of ether oxygens (including phenoxy) is 3. The van der Waals surface area contributed by atoms with Gasteiger partial charge in [0.15, 0.2) is 17.0 Å². The highest BCUT2D eigenvalue weighted by molar-refractivity contribution is 7.90. The minimum Gasteiger partial charge on any atom is -0.467 e. The van der Waals surface area contributed by atoms with Gasteiger partial charge in [-0.2, -0.15) is 8.42 Å². The minimum absolute atomic E-state index is 0.0405. The van der Waals surface area contributed by atoms with Crippen molar-refractivity contribution in [1.29, 1.82) is 0 Å². The van der Waals surface area contributed by atoms with Crippen LogP contribution in [0, 0.1) is 0 Å². The number of Topliss-reactive ketones (excluding diaryl/α,β-unsaturated/α-hetero) is 1. The van der Waals surface area contributed by atoms with E-state index in [0.717, 1.165) is 18.2 Å². The first kappa shape index (κ1) is 22.1. The van der Waals surface area contributed by atoms with Crippen LogP contribution >= 0.6 is 0 Å². The summed E-state index contributed by atoms with van der Waals surface area (Å²) in [4.78, 5) is 12.9. The Morgan fingerprint density at radius 3 is 2.28 bits per heavy atom. The van der Waals surface area contributed by atoms with Gasteiger partial charge in [-0.1, -0.05) is 36.4 Å². The van der Waals surface area contributed by atoms with Crippen molar-refractivity contribution in [3.63, 3.8) is 0 Å². The van der Waals surface area contributed by atoms with Crippen LogP contribution in [0.1, 0.15) is 11.1 Å². The molecule has 2 N–H and O–H groups in total. The summed E-state index contributed by atoms with van der Waals surface area (Å²) in [6.45, 7) is 0. The fourth-order valence-corrected chi connectivity index (χ4v) is 3.96. The van der Waals surface area contributed by atoms with Crippen LogP contribution in [-0.2, 0) is 33.9 Å². The average Bonchev–Trinajstić information content (AvgIpc) is 3.14. The standard InChI is InChI=1S/C18H10B3F2NO7S/c19-16(10-6-7-11-12(8-10)29-18(22,23)28-11)14(25)13(15(24)30-16)31-32(26,27)17(20,21)9-4-2-1-3-5-9/h1-8H,24H2/t16-/m0/s1. The van der Waals surface area contributed by atoms with Gasteiger partial charge >= 0.3 is 16.4 Å². The summed E-state index contributed by atoms with van der Waals surface area (Å²) in [6, 6.07) is 10.4. The minimum atomic E-state index is -4.90. The van der Waals surface area contributed by atoms with E-state index in [1.54, 1.807) is 6.07 Å². The van der Waals surface area contributed by atoms with Crippen LogP contribution in [0.25, 0.3) is 0 Å². The van der Waals surface area contributed by atoms with Crippen molar-refractivity contribution in [2.45, 2.75) is 16.3 Å². The van der Waals surface area contributed by atoms with E-state index in [9.17, 15) is 22.0 Å². The van der Waals surface area contributed by atoms with E-state index in [2.05, 4.69) is 9.47 Å². The molecule has 0 saturated heterocycles. The predicted octanol–water partition coefficient (Wildman–Crippen LogP) is 0.550. The number of rotatable bonds is 5. The van der Waals surface area contributed by atoms with E-state index in [1.165, 1.54) is 24.3 Å². The number of ketones is 1. The van der Waals surface area contributed by atoms with Crippen molar-refractivity contribution < 1.29 is 40.4 Å². The molecule has 0 amide bonds. The van der Waals surface area contributed by atoms with Gasteiger partial charge in [-0.3, -0.25) is 4.79 Å². The van der Waals surface area contributed by atoms with Gasteiger partial charge in [-0.05, 0) is 23.3 Å². The first-order chi connectivity index (χ1) is 14.8. The summed E-state index contributed by atoms with van der Waals surface area (Å²) in [5.74, 6) is -3.74. The fourth-order valence-electron chi connectivity index (χ4n) is 3.02. The first-order valence-corrected chi connectivity index (χ1v) is 10.2. The summed E-state index contributed by atoms with van der Waals surface area (Å²) >= 11 is 0. The molecule has 1 atom stereocenters. The second-order valence-electron chi connectivity index (χ2n) is 6.89. The molecule has 2 heterocycles. The van der Waals surface area contributed by atoms with Crippen molar-refractivity contribution in [1.82, 2.24) is 0 Å². The van der Waals surface area contributed by atoms with Crippen LogP contribution < -0.4 is 15.2 Å². The zero-order valence-electron chi connectivity index (χ0n) is 16.0. The maximum atomic E-state index is 13.3. The van der Waals surface area contributed by atoms with Gasteiger partial charge in [0.1, 0.15) is 7.85 Å². The molecule has 0 aliphatic carbocycles. The second-order valence-corrected chi connectivity index (χ2v) is 8.64. The van der Waals surface area contributed by atoms with E-state index in [4.69, 9.17) is 38.2 Å². The van der Waals surface area contributed by atoms with Gasteiger partial charge < -0.3 is 24.1 Å². The van der Waals surface area contributed by atoms with Gasteiger partial charge in [-0.25, -0.2) is 0 Å². The monoisotopic (exact) mass is 455 g/mol. The van der Waals surface area contributed by atoms with E-state index in [0.29, 0.717) is 0 Å². The summed E-state index contributed by atoms with van der Waals surface area (Å²) in [5.41, 5.74) is 2.99. The zero-order valence-corrected chi connectivity index (χ0v) is 16.8. The Labute approximate surface area is 185 Å². The number of alkyl halides is 2. The third-order valence-corrected chi connectivity index (χ3v) is 6.15. The molecule has 6 radical (unpaired) electrons. The maximum absolute atomic E-state index is 13.3. The average molecular weight is 455 g/mol. The molecule has 0 saturated carbocycles. The topological polar surface area (TPSA) is 114 Å². The Morgan fingerprint density at radius 2 is 1.62 bits per heavy atom. The molecule has 8 nitrogen and oxygen atoms in total. The maximum Gasteiger partial charge on any atom is 0.586 e. The highest BCUT2D eigenvalue weighted by Crippen LogP contribution is 2.45. The summed E-state index contributed by atoms with van der Waals surface area (Å²) in [6.07, 6.45) is -3.91. The van der Waals surface area contributed by atoms with Gasteiger partial charge in [0.2, 0.25) is 17.4 Å². The molecule has 0 unspecified atom stereocenters. The number of hydrogen-bond donors (Lipinski definition) is 1. The summed E-state index contributed by atoms with van der Waals surface area (Å²) in [7, 11) is 12.6. The number of fused-ring (bicyclic) bond motifs is 1. The van der Waals surface area contributed by atoms with Gasteiger partial charge in [0.05, 0.1) is 20.2 Å². The Kier molecular flexibility index (Phi) is 4.78. The Bertz CT molecular complexity index is 1250. The van der Waals surface area contributed by atoms with E-state index in [-0.39, 0.29) is 16.9 Å². The third-order valence-electron chi connectivity index (χ3n) is 4.70. The molecule has 158 valence electrons. The van der Waals surface area contributed by atoms with Crippen molar-refractivity contribution in [3.8, 4) is 11.5 Å². The Hall–Kier alpha value is -3.15. The molecule has 2 aromatic carbocycles. The molecule has 0 bridgehead atoms. The normalized spacial score (nSPS) is 22.0. The van der Waals surface area contributed by atoms with E-state index in [1.807, 2.05) is 0 Å². The van der Waals surface area contributed by atoms with Crippen LogP contribution in [-0.4, -0.2) is 44.0 Å². The van der Waals surface area contributed by atoms with Crippen LogP contribution in [0.4, 0.5) is 8.78 Å². The van der Waals surface area contributed by atoms with Crippen molar-refractivity contribution in [2.75, 3.05) is 0 Å². The number of halogens is 2. The Morgan fingerprint density at radius 1 is 1.00 bits per heavy atom. The van der Waals surface area contributed by atoms with Gasteiger partial charge in [0, 0.05) is 0 Å². The van der Waals surface area contributed by atoms with Crippen LogP contribution in [0.15, 0.2) is 60.2 Å². The largest absolute Gasteiger partial charge is 0.586 e. The highest BCUT2D eigenvalue weighted by Gasteiger charge is 2.51. The third kappa shape index (κ3) is 3.38. The lowest BCUT2D eigenvalue weighted by Gasteiger charge is -2.26. The molecule has 0 fully saturated rings. The molecule has 4 rings (SSSR count). The van der Waals surface area contributed by atoms with Crippen molar-refractivity contribution in [3.05, 3.63) is 71.3 Å². The van der Waals surface area contributed by atoms with Crippen LogP contribution in [0.5, 0.6) is 11.5 Å². The quantitative estimate of drug-likeness (QED) is 0.514. The Balaban J connectivity index is 1.63. The molecule has 0 spiro atoms. The molecule has 2 aliphatic rings. The van der Waals surface area contributed by atoms with Crippen LogP contribution in [0.3, 0.4) is 0 Å². The lowest BCUT2D eigenvalue weighted by atomic mass is 9.65. The van der Waals surface area contributed by atoms with Gasteiger partial charge in [-0.15, -0.1) is 8.78 Å². The summed E-state index contributed by atoms with van der Waals surface area (Å²) < 4.78 is 68.0. The van der Waals surface area contributed by atoms with Crippen LogP contribution in [0.2, 0.25) is 0 Å². The number of carbonyl (C=O) groups excluding carboxylic acids is 1. The van der Waals surface area contributed by atoms with Crippen molar-refractivity contribution in [2.24, 2.45) is 5.73 Å². The van der Waals surface area contributed by atoms with E-state index >= 15 is 0 Å². The molecule has 2 aromatic rings. The predicted molar refractivity (Wildman–Crippen MR) is 107 cm³/mol. The molecule has 0 aromatic heterocycles. The SMILES string of the molecule is [B]C([B])(c1ccccc1)S(=O)(=O)OC1=C(N)O[C@@]([B])(c2ccc3c(c2)OC(F)(F)O3)C1=O. The second kappa shape index (κ2) is 6.93. The molecule has 14 heteroatoms. The molecule has 2 aliphatic heterocycles. The molecule has 32 heavy (non-hydrogen) atoms. The fraction of sp³-hybridized carbons (Fsp3) is 0.167. The van der Waals surface area contributed by atoms with Crippen molar-refractivity contribution >= 4 is 39.4 Å². The number of benzene rings is 2. The lowest BCUT2D eigenvalue weighted by molar-refractivity contribution is -0.286. The molecular formula is C18H10B3F2NO7S. The lowest BCUT2D eigenvalue weighted by Crippen LogP contribution is -2.40. The number of nitrogens with two attached hydrogens (primary N) is 1.